The maximum absolute atomic E-state index is 12.2. The lowest BCUT2D eigenvalue weighted by Crippen LogP contribution is -2.17. The van der Waals surface area contributed by atoms with Gasteiger partial charge in [0.05, 0.1) is 17.5 Å². The van der Waals surface area contributed by atoms with Crippen LogP contribution in [0.2, 0.25) is 0 Å². The molecule has 0 heterocycles. The molecule has 1 amide bonds. The van der Waals surface area contributed by atoms with Crippen LogP contribution in [0, 0.1) is 11.8 Å². The minimum Gasteiger partial charge on any atom is -0.481 e. The molecular weight excluding hydrogens is 260 g/mol. The minimum absolute atomic E-state index is 0.101. The normalized spacial score (nSPS) is 21.0. The number of nitrogens with one attached hydrogen (secondary N) is 1. The standard InChI is InChI=1S/C12H11F2NO4/c13-12(14)19-9-4-2-1-3-8(9)15-10(16)6-5-7(6)11(17)18/h1-4,6-7,12H,5H2,(H,15,16)(H,17,18)/t6-,7+/m1/s1. The number of hydrogen-bond acceptors (Lipinski definition) is 3. The zero-order valence-corrected chi connectivity index (χ0v) is 9.68. The van der Waals surface area contributed by atoms with Crippen LogP contribution in [0.15, 0.2) is 24.3 Å². The van der Waals surface area contributed by atoms with Crippen LogP contribution >= 0.6 is 0 Å². The Balaban J connectivity index is 2.03. The Morgan fingerprint density at radius 2 is 2.00 bits per heavy atom. The molecule has 0 aromatic heterocycles. The topological polar surface area (TPSA) is 75.6 Å². The third kappa shape index (κ3) is 3.18. The van der Waals surface area contributed by atoms with E-state index in [-0.39, 0.29) is 17.9 Å². The monoisotopic (exact) mass is 271 g/mol. The number of benzene rings is 1. The number of carboxylic acids is 1. The molecular formula is C12H11F2NO4. The van der Waals surface area contributed by atoms with Crippen molar-refractivity contribution in [3.05, 3.63) is 24.3 Å². The molecule has 5 nitrogen and oxygen atoms in total. The third-order valence-corrected chi connectivity index (χ3v) is 2.81. The number of halogens is 2. The quantitative estimate of drug-likeness (QED) is 0.858. The number of carbonyl (C=O) groups excluding carboxylic acids is 1. The molecule has 2 rings (SSSR count). The Labute approximate surface area is 107 Å². The van der Waals surface area contributed by atoms with E-state index in [0.29, 0.717) is 0 Å². The number of rotatable bonds is 5. The van der Waals surface area contributed by atoms with Crippen molar-refractivity contribution < 1.29 is 28.2 Å². The van der Waals surface area contributed by atoms with Gasteiger partial charge in [0.15, 0.2) is 0 Å². The van der Waals surface area contributed by atoms with Gasteiger partial charge in [-0.2, -0.15) is 8.78 Å². The van der Waals surface area contributed by atoms with Gasteiger partial charge >= 0.3 is 12.6 Å². The average Bonchev–Trinajstić information content (AvgIpc) is 3.11. The summed E-state index contributed by atoms with van der Waals surface area (Å²) in [4.78, 5) is 22.3. The van der Waals surface area contributed by atoms with E-state index < -0.39 is 30.3 Å². The van der Waals surface area contributed by atoms with Gasteiger partial charge in [-0.05, 0) is 18.6 Å². The molecule has 1 aromatic rings. The number of alkyl halides is 2. The Morgan fingerprint density at radius 1 is 1.32 bits per heavy atom. The molecule has 0 bridgehead atoms. The summed E-state index contributed by atoms with van der Waals surface area (Å²) in [6.45, 7) is -2.99. The van der Waals surface area contributed by atoms with Crippen LogP contribution in [-0.4, -0.2) is 23.6 Å². The van der Waals surface area contributed by atoms with Gasteiger partial charge in [-0.3, -0.25) is 9.59 Å². The van der Waals surface area contributed by atoms with E-state index in [1.54, 1.807) is 6.07 Å². The van der Waals surface area contributed by atoms with E-state index in [4.69, 9.17) is 5.11 Å². The smallest absolute Gasteiger partial charge is 0.387 e. The lowest BCUT2D eigenvalue weighted by molar-refractivity contribution is -0.139. The number of aliphatic carboxylic acids is 1. The molecule has 0 saturated heterocycles. The van der Waals surface area contributed by atoms with E-state index in [0.717, 1.165) is 0 Å². The molecule has 1 aliphatic carbocycles. The van der Waals surface area contributed by atoms with Crippen LogP contribution < -0.4 is 10.1 Å². The average molecular weight is 271 g/mol. The zero-order valence-electron chi connectivity index (χ0n) is 9.68. The Hall–Kier alpha value is -2.18. The first kappa shape index (κ1) is 13.3. The van der Waals surface area contributed by atoms with Crippen LogP contribution in [-0.2, 0) is 9.59 Å². The van der Waals surface area contributed by atoms with Crippen LogP contribution in [0.4, 0.5) is 14.5 Å². The molecule has 7 heteroatoms. The molecule has 1 aliphatic rings. The van der Waals surface area contributed by atoms with Gasteiger partial charge in [0.2, 0.25) is 5.91 Å². The molecule has 0 radical (unpaired) electrons. The number of carboxylic acid groups (broad SMARTS) is 1. The summed E-state index contributed by atoms with van der Waals surface area (Å²) in [7, 11) is 0. The summed E-state index contributed by atoms with van der Waals surface area (Å²) in [6, 6.07) is 5.75. The van der Waals surface area contributed by atoms with Crippen LogP contribution in [0.3, 0.4) is 0 Å². The van der Waals surface area contributed by atoms with Crippen LogP contribution in [0.25, 0.3) is 0 Å². The molecule has 0 unspecified atom stereocenters. The minimum atomic E-state index is -2.99. The van der Waals surface area contributed by atoms with E-state index in [1.165, 1.54) is 18.2 Å². The number of amides is 1. The predicted molar refractivity (Wildman–Crippen MR) is 60.9 cm³/mol. The van der Waals surface area contributed by atoms with Crippen molar-refractivity contribution in [3.63, 3.8) is 0 Å². The molecule has 0 aliphatic heterocycles. The lowest BCUT2D eigenvalue weighted by atomic mass is 10.2. The highest BCUT2D eigenvalue weighted by molar-refractivity contribution is 5.99. The van der Waals surface area contributed by atoms with Crippen molar-refractivity contribution >= 4 is 17.6 Å². The summed E-state index contributed by atoms with van der Waals surface area (Å²) < 4.78 is 28.6. The molecule has 0 spiro atoms. The zero-order chi connectivity index (χ0) is 14.0. The van der Waals surface area contributed by atoms with Crippen LogP contribution in [0.1, 0.15) is 6.42 Å². The Morgan fingerprint density at radius 3 is 2.58 bits per heavy atom. The summed E-state index contributed by atoms with van der Waals surface area (Å²) in [5.41, 5.74) is 0.101. The molecule has 2 N–H and O–H groups in total. The second-order valence-corrected chi connectivity index (χ2v) is 4.15. The van der Waals surface area contributed by atoms with E-state index in [2.05, 4.69) is 10.1 Å². The highest BCUT2D eigenvalue weighted by atomic mass is 19.3. The maximum Gasteiger partial charge on any atom is 0.387 e. The number of anilines is 1. The number of ether oxygens (including phenoxy) is 1. The van der Waals surface area contributed by atoms with Gasteiger partial charge in [0.1, 0.15) is 5.75 Å². The second kappa shape index (κ2) is 5.21. The SMILES string of the molecule is O=C(O)[C@H]1C[C@H]1C(=O)Nc1ccccc1OC(F)F. The summed E-state index contributed by atoms with van der Waals surface area (Å²) in [6.07, 6.45) is 0.263. The molecule has 2 atom stereocenters. The highest BCUT2D eigenvalue weighted by Gasteiger charge is 2.48. The molecule has 1 saturated carbocycles. The van der Waals surface area contributed by atoms with Gasteiger partial charge in [0.25, 0.3) is 0 Å². The first-order valence-corrected chi connectivity index (χ1v) is 5.56. The van der Waals surface area contributed by atoms with Gasteiger partial charge in [-0.1, -0.05) is 12.1 Å². The van der Waals surface area contributed by atoms with E-state index in [9.17, 15) is 18.4 Å². The van der Waals surface area contributed by atoms with Crippen molar-refractivity contribution in [2.24, 2.45) is 11.8 Å². The molecule has 19 heavy (non-hydrogen) atoms. The first-order chi connectivity index (χ1) is 8.99. The summed E-state index contributed by atoms with van der Waals surface area (Å²) in [5, 5.41) is 11.1. The van der Waals surface area contributed by atoms with Gasteiger partial charge in [-0.25, -0.2) is 0 Å². The highest BCUT2D eigenvalue weighted by Crippen LogP contribution is 2.40. The molecule has 102 valence electrons. The largest absolute Gasteiger partial charge is 0.481 e. The maximum atomic E-state index is 12.2. The Kier molecular flexibility index (Phi) is 3.64. The Bertz CT molecular complexity index is 506. The fraction of sp³-hybridized carbons (Fsp3) is 0.333. The van der Waals surface area contributed by atoms with Crippen LogP contribution in [0.5, 0.6) is 5.75 Å². The molecule has 1 aromatic carbocycles. The summed E-state index contributed by atoms with van der Waals surface area (Å²) >= 11 is 0. The van der Waals surface area contributed by atoms with Crippen molar-refractivity contribution in [2.45, 2.75) is 13.0 Å². The number of carbonyl (C=O) groups is 2. The van der Waals surface area contributed by atoms with Gasteiger partial charge < -0.3 is 15.2 Å². The third-order valence-electron chi connectivity index (χ3n) is 2.81. The number of hydrogen-bond donors (Lipinski definition) is 2. The lowest BCUT2D eigenvalue weighted by Gasteiger charge is -2.11. The fourth-order valence-corrected chi connectivity index (χ4v) is 1.75. The first-order valence-electron chi connectivity index (χ1n) is 5.56. The predicted octanol–water partition coefficient (Wildman–Crippen LogP) is 1.95. The summed E-state index contributed by atoms with van der Waals surface area (Å²) in [5.74, 6) is -2.99. The van der Waals surface area contributed by atoms with Crippen molar-refractivity contribution in [3.8, 4) is 5.75 Å². The molecule has 1 fully saturated rings. The van der Waals surface area contributed by atoms with Gasteiger partial charge in [0, 0.05) is 0 Å². The van der Waals surface area contributed by atoms with E-state index >= 15 is 0 Å². The fourth-order valence-electron chi connectivity index (χ4n) is 1.75. The number of para-hydroxylation sites is 2. The van der Waals surface area contributed by atoms with Gasteiger partial charge in [-0.15, -0.1) is 0 Å². The second-order valence-electron chi connectivity index (χ2n) is 4.15. The van der Waals surface area contributed by atoms with Crippen molar-refractivity contribution in [2.75, 3.05) is 5.32 Å². The van der Waals surface area contributed by atoms with Crippen molar-refractivity contribution in [1.29, 1.82) is 0 Å². The van der Waals surface area contributed by atoms with E-state index in [1.807, 2.05) is 0 Å². The van der Waals surface area contributed by atoms with Crippen molar-refractivity contribution in [1.82, 2.24) is 0 Å².